The molecule has 2 bridgehead atoms. The number of hydrogen-bond acceptors (Lipinski definition) is 20. The third kappa shape index (κ3) is 21.7. The lowest BCUT2D eigenvalue weighted by atomic mass is 10.1. The fraction of sp³-hybridized carbons (Fsp3) is 0.680. The van der Waals surface area contributed by atoms with Crippen LogP contribution in [0.2, 0.25) is 0 Å². The summed E-state index contributed by atoms with van der Waals surface area (Å²) in [4.78, 5) is 53.1. The van der Waals surface area contributed by atoms with Crippen molar-refractivity contribution in [3.05, 3.63) is 44.7 Å². The number of carbonyl (C=O) groups excluding carboxylic acids is 3. The lowest BCUT2D eigenvalue weighted by Gasteiger charge is -2.34. The van der Waals surface area contributed by atoms with E-state index in [0.29, 0.717) is 137 Å². The summed E-state index contributed by atoms with van der Waals surface area (Å²) in [6, 6.07) is 2.53. The number of amidine groups is 1. The Balaban J connectivity index is 0.730. The molecule has 0 spiro atoms. The zero-order valence-corrected chi connectivity index (χ0v) is 45.8. The monoisotopic (exact) mass is 1160 g/mol. The molecule has 1 aromatic heterocycles. The van der Waals surface area contributed by atoms with Crippen LogP contribution >= 0.6 is 11.3 Å². The number of amides is 2. The molecule has 28 heteroatoms. The number of hydrogen-bond donors (Lipinski definition) is 2. The molecular formula is C50H73F4N5O17S2. The highest BCUT2D eigenvalue weighted by atomic mass is 32.2. The summed E-state index contributed by atoms with van der Waals surface area (Å²) < 4.78 is 134. The largest absolute Gasteiger partial charge is 0.420 e. The summed E-state index contributed by atoms with van der Waals surface area (Å²) in [5.74, 6) is -11.2. The third-order valence-corrected chi connectivity index (χ3v) is 13.6. The first-order valence-corrected chi connectivity index (χ1v) is 27.8. The maximum atomic E-state index is 14.0. The summed E-state index contributed by atoms with van der Waals surface area (Å²) in [7, 11) is 0. The average Bonchev–Trinajstić information content (AvgIpc) is 4.13. The summed E-state index contributed by atoms with van der Waals surface area (Å²) in [5.41, 5.74) is 7.58. The van der Waals surface area contributed by atoms with Gasteiger partial charge in [0.15, 0.2) is 22.7 Å². The van der Waals surface area contributed by atoms with E-state index in [1.807, 2.05) is 24.8 Å². The van der Waals surface area contributed by atoms with E-state index < -0.39 is 57.4 Å². The molecule has 0 radical (unpaired) electrons. The van der Waals surface area contributed by atoms with Gasteiger partial charge in [-0.25, -0.2) is 23.0 Å². The molecule has 0 saturated carbocycles. The Labute approximate surface area is 457 Å². The number of likely N-dealkylation sites (tertiary alicyclic amines) is 2. The molecule has 3 N–H and O–H groups in total. The van der Waals surface area contributed by atoms with Crippen LogP contribution in [-0.4, -0.2) is 218 Å². The summed E-state index contributed by atoms with van der Waals surface area (Å²) in [6.45, 7) is 13.4. The van der Waals surface area contributed by atoms with Gasteiger partial charge < -0.3 is 67.3 Å². The van der Waals surface area contributed by atoms with E-state index in [1.165, 1.54) is 5.06 Å². The maximum Gasteiger partial charge on any atom is 0.313 e. The van der Waals surface area contributed by atoms with E-state index in [1.54, 1.807) is 11.3 Å². The van der Waals surface area contributed by atoms with Crippen LogP contribution in [0.25, 0.3) is 6.08 Å². The number of carbonyl (C=O) groups is 3. The molecule has 440 valence electrons. The fourth-order valence-electron chi connectivity index (χ4n) is 8.18. The van der Waals surface area contributed by atoms with Crippen LogP contribution in [0.4, 0.5) is 23.2 Å². The van der Waals surface area contributed by atoms with E-state index in [0.717, 1.165) is 41.4 Å². The predicted molar refractivity (Wildman–Crippen MR) is 275 cm³/mol. The molecule has 2 fully saturated rings. The molecule has 78 heavy (non-hydrogen) atoms. The lowest BCUT2D eigenvalue weighted by molar-refractivity contribution is -0.180. The number of halogens is 4. The number of hydroxylamine groups is 2. The molecule has 5 rings (SSSR count). The summed E-state index contributed by atoms with van der Waals surface area (Å²) in [6.07, 6.45) is 3.70. The quantitative estimate of drug-likeness (QED) is 0.0180. The summed E-state index contributed by atoms with van der Waals surface area (Å²) in [5, 5.41) is 1.41. The fourth-order valence-corrected chi connectivity index (χ4v) is 9.76. The van der Waals surface area contributed by atoms with Gasteiger partial charge in [0.2, 0.25) is 23.3 Å². The molecule has 22 nitrogen and oxygen atoms in total. The minimum absolute atomic E-state index is 0.0552. The van der Waals surface area contributed by atoms with Gasteiger partial charge in [0.05, 0.1) is 162 Å². The van der Waals surface area contributed by atoms with Crippen molar-refractivity contribution in [1.29, 1.82) is 0 Å². The second kappa shape index (κ2) is 36.3. The molecule has 2 saturated heterocycles. The van der Waals surface area contributed by atoms with Crippen molar-refractivity contribution < 1.29 is 97.7 Å². The van der Waals surface area contributed by atoms with Crippen LogP contribution in [0.1, 0.15) is 55.7 Å². The molecule has 0 aliphatic carbocycles. The first-order chi connectivity index (χ1) is 37.8. The van der Waals surface area contributed by atoms with Crippen molar-refractivity contribution in [2.24, 2.45) is 10.7 Å². The SMILES string of the molecule is CCCN(OCC)C(=O)C1=Cc2sc(CN3C[C@H]4C[C@@H]3CN4C(=O)CCOCCOCCOCCOCCOCCOCCOCCOCCOCCOCCC(=O)Oc3c(F)c(F)c(S(=O)O)c(F)c3F)cc2N=C(N)C1. The van der Waals surface area contributed by atoms with Gasteiger partial charge in [-0.05, 0) is 31.9 Å². The van der Waals surface area contributed by atoms with Gasteiger partial charge in [-0.3, -0.25) is 24.1 Å². The van der Waals surface area contributed by atoms with Crippen molar-refractivity contribution in [2.75, 3.05) is 158 Å². The predicted octanol–water partition coefficient (Wildman–Crippen LogP) is 4.19. The number of aliphatic imine (C=N–C) groups is 1. The number of piperazine rings is 1. The number of esters is 1. The standard InChI is InChI=1S/C50H73F4N5O17S2/c1-3-7-59(75-4-2)50(62)35-28-40-39(56-41(55)29-35)31-38(77-40)34-57-32-37-30-36(57)33-58(37)42(60)5-8-65-10-12-67-14-16-69-18-20-71-22-24-73-26-27-74-25-23-72-21-19-70-17-15-68-13-11-66-9-6-43(61)76-48-44(51)46(53)49(78(63)64)47(54)45(48)52/h28,31,36-37H,3-27,29-30,32-34H2,1-2H3,(H2,55,56)(H,63,64)/t36-,37-/m1/s1. The van der Waals surface area contributed by atoms with Gasteiger partial charge in [0.25, 0.3) is 5.91 Å². The second-order valence-corrected chi connectivity index (χ2v) is 19.6. The molecule has 4 heterocycles. The molecular weight excluding hydrogens is 1080 g/mol. The van der Waals surface area contributed by atoms with Gasteiger partial charge in [0, 0.05) is 55.1 Å². The number of nitrogens with zero attached hydrogens (tertiary/aromatic N) is 4. The van der Waals surface area contributed by atoms with Crippen molar-refractivity contribution in [3.8, 4) is 5.75 Å². The molecule has 2 aromatic rings. The Hall–Kier alpha value is -4.11. The van der Waals surface area contributed by atoms with E-state index >= 15 is 0 Å². The Kier molecular flexibility index (Phi) is 30.1. The topological polar surface area (TPSA) is 247 Å². The highest BCUT2D eigenvalue weighted by Crippen LogP contribution is 2.38. The van der Waals surface area contributed by atoms with Crippen LogP contribution in [0.5, 0.6) is 5.75 Å². The Morgan fingerprint density at radius 1 is 0.705 bits per heavy atom. The summed E-state index contributed by atoms with van der Waals surface area (Å²) >= 11 is -1.74. The number of benzene rings is 1. The lowest BCUT2D eigenvalue weighted by Crippen LogP contribution is -2.48. The van der Waals surface area contributed by atoms with Gasteiger partial charge >= 0.3 is 5.97 Å². The van der Waals surface area contributed by atoms with Crippen LogP contribution in [0, 0.1) is 23.3 Å². The maximum absolute atomic E-state index is 14.0. The van der Waals surface area contributed by atoms with Gasteiger partial charge in [-0.1, -0.05) is 6.92 Å². The molecule has 2 amide bonds. The Bertz CT molecular complexity index is 2230. The van der Waals surface area contributed by atoms with Crippen LogP contribution in [0.3, 0.4) is 0 Å². The van der Waals surface area contributed by atoms with Crippen molar-refractivity contribution >= 4 is 57.8 Å². The van der Waals surface area contributed by atoms with Crippen molar-refractivity contribution in [1.82, 2.24) is 14.9 Å². The zero-order valence-electron chi connectivity index (χ0n) is 44.2. The van der Waals surface area contributed by atoms with Crippen LogP contribution in [0.15, 0.2) is 21.5 Å². The van der Waals surface area contributed by atoms with Gasteiger partial charge in [-0.2, -0.15) is 8.78 Å². The van der Waals surface area contributed by atoms with E-state index in [-0.39, 0.29) is 63.4 Å². The van der Waals surface area contributed by atoms with E-state index in [4.69, 9.17) is 62.5 Å². The molecule has 3 atom stereocenters. The Morgan fingerprint density at radius 2 is 1.18 bits per heavy atom. The highest BCUT2D eigenvalue weighted by Gasteiger charge is 2.45. The number of rotatable bonds is 42. The first-order valence-electron chi connectivity index (χ1n) is 25.9. The molecule has 1 aromatic carbocycles. The third-order valence-electron chi connectivity index (χ3n) is 11.8. The van der Waals surface area contributed by atoms with Crippen molar-refractivity contribution in [2.45, 2.75) is 69.5 Å². The minimum atomic E-state index is -3.36. The van der Waals surface area contributed by atoms with Crippen LogP contribution < -0.4 is 10.5 Å². The zero-order chi connectivity index (χ0) is 56.1. The number of ether oxygens (including phenoxy) is 11. The second-order valence-electron chi connectivity index (χ2n) is 17.5. The molecule has 3 aliphatic heterocycles. The van der Waals surface area contributed by atoms with E-state index in [2.05, 4.69) is 20.7 Å². The van der Waals surface area contributed by atoms with Crippen molar-refractivity contribution in [3.63, 3.8) is 0 Å². The number of thiophene rings is 1. The molecule has 3 aliphatic rings. The van der Waals surface area contributed by atoms with Gasteiger partial charge in [0.1, 0.15) is 10.7 Å². The number of nitrogens with two attached hydrogens (primary N) is 1. The smallest absolute Gasteiger partial charge is 0.313 e. The normalized spacial score (nSPS) is 16.6. The van der Waals surface area contributed by atoms with Crippen LogP contribution in [-0.2, 0) is 84.2 Å². The number of fused-ring (bicyclic) bond motifs is 3. The molecule has 1 unspecified atom stereocenters. The average molecular weight is 1160 g/mol. The Morgan fingerprint density at radius 3 is 1.62 bits per heavy atom. The highest BCUT2D eigenvalue weighted by molar-refractivity contribution is 7.79. The van der Waals surface area contributed by atoms with E-state index in [9.17, 15) is 36.2 Å². The minimum Gasteiger partial charge on any atom is -0.420 e. The van der Waals surface area contributed by atoms with Gasteiger partial charge in [-0.15, -0.1) is 11.3 Å². The first kappa shape index (κ1) is 64.7.